The Morgan fingerprint density at radius 3 is 1.76 bits per heavy atom. The largest absolute Gasteiger partial charge is 0.288 e. The molecule has 3 aromatic rings. The Morgan fingerprint density at radius 1 is 0.824 bits per heavy atom. The molecule has 0 N–H and O–H groups in total. The van der Waals surface area contributed by atoms with Crippen LogP contribution in [0.25, 0.3) is 21.8 Å². The van der Waals surface area contributed by atoms with Crippen LogP contribution in [-0.2, 0) is 4.79 Å². The van der Waals surface area contributed by atoms with Crippen molar-refractivity contribution in [3.8, 4) is 0 Å². The average Bonchev–Trinajstić information content (AvgIpc) is 2.40. The molecule has 0 unspecified atom stereocenters. The van der Waals surface area contributed by atoms with Gasteiger partial charge in [0.05, 0.1) is 11.0 Å². The molecule has 1 heterocycles. The molecule has 0 radical (unpaired) electrons. The first kappa shape index (κ1) is 9.78. The molecule has 1 aromatic heterocycles. The minimum Gasteiger partial charge on any atom is -0.288 e. The maximum absolute atomic E-state index is 12.2. The highest BCUT2D eigenvalue weighted by Crippen LogP contribution is 2.17. The number of rotatable bonds is 1. The Hall–Kier alpha value is -2.42. The zero-order valence-electron chi connectivity index (χ0n) is 8.96. The van der Waals surface area contributed by atoms with Crippen LogP contribution in [0.1, 0.15) is 0 Å². The Kier molecular flexibility index (Phi) is 2.05. The molecule has 0 atom stereocenters. The normalized spacial score (nSPS) is 10.8. The minimum atomic E-state index is -0.0331. The number of benzene rings is 2. The van der Waals surface area contributed by atoms with Crippen LogP contribution in [0.4, 0.5) is 0 Å². The summed E-state index contributed by atoms with van der Waals surface area (Å²) in [5.41, 5.74) is 1.26. The van der Waals surface area contributed by atoms with Gasteiger partial charge >= 0.3 is 0 Å². The van der Waals surface area contributed by atoms with E-state index in [-0.39, 0.29) is 5.43 Å². The van der Waals surface area contributed by atoms with E-state index in [4.69, 9.17) is 0 Å². The maximum atomic E-state index is 12.2. The summed E-state index contributed by atoms with van der Waals surface area (Å²) in [6.45, 7) is 0. The fourth-order valence-electron chi connectivity index (χ4n) is 2.14. The second kappa shape index (κ2) is 3.56. The van der Waals surface area contributed by atoms with Crippen molar-refractivity contribution in [2.24, 2.45) is 0 Å². The first-order chi connectivity index (χ1) is 8.33. The number of fused-ring (bicyclic) bond motifs is 2. The molecule has 0 amide bonds. The van der Waals surface area contributed by atoms with Crippen LogP contribution in [0.5, 0.6) is 0 Å². The van der Waals surface area contributed by atoms with Crippen LogP contribution in [0, 0.1) is 0 Å². The van der Waals surface area contributed by atoms with Gasteiger partial charge in [-0.3, -0.25) is 14.2 Å². The maximum Gasteiger partial charge on any atom is 0.218 e. The molecule has 0 bridgehead atoms. The van der Waals surface area contributed by atoms with Crippen molar-refractivity contribution in [1.82, 2.24) is 4.57 Å². The average molecular weight is 223 g/mol. The Labute approximate surface area is 96.9 Å². The first-order valence-corrected chi connectivity index (χ1v) is 5.30. The summed E-state index contributed by atoms with van der Waals surface area (Å²) in [5, 5.41) is 1.14. The third-order valence-corrected chi connectivity index (χ3v) is 2.92. The van der Waals surface area contributed by atoms with Crippen molar-refractivity contribution >= 4 is 28.2 Å². The molecule has 3 heteroatoms. The van der Waals surface area contributed by atoms with E-state index in [9.17, 15) is 9.59 Å². The van der Waals surface area contributed by atoms with Crippen LogP contribution in [0.15, 0.2) is 53.3 Å². The summed E-state index contributed by atoms with van der Waals surface area (Å²) in [4.78, 5) is 23.4. The molecule has 0 spiro atoms. The van der Waals surface area contributed by atoms with Crippen LogP contribution in [0.2, 0.25) is 0 Å². The van der Waals surface area contributed by atoms with Gasteiger partial charge in [0.15, 0.2) is 5.43 Å². The molecule has 0 aliphatic heterocycles. The molecule has 3 nitrogen and oxygen atoms in total. The number of nitrogens with zero attached hydrogens (tertiary/aromatic N) is 1. The molecular weight excluding hydrogens is 214 g/mol. The zero-order chi connectivity index (χ0) is 11.8. The lowest BCUT2D eigenvalue weighted by atomic mass is 10.1. The Bertz CT molecular complexity index is 727. The van der Waals surface area contributed by atoms with E-state index in [1.807, 2.05) is 12.1 Å². The van der Waals surface area contributed by atoms with Gasteiger partial charge in [0.25, 0.3) is 0 Å². The van der Waals surface area contributed by atoms with E-state index in [1.54, 1.807) is 36.4 Å². The van der Waals surface area contributed by atoms with E-state index >= 15 is 0 Å². The molecule has 17 heavy (non-hydrogen) atoms. The highest BCUT2D eigenvalue weighted by atomic mass is 16.1. The number of pyridine rings is 1. The van der Waals surface area contributed by atoms with Gasteiger partial charge in [0.2, 0.25) is 6.41 Å². The molecule has 0 saturated heterocycles. The number of carbonyl (C=O) groups excluding carboxylic acids is 1. The third-order valence-electron chi connectivity index (χ3n) is 2.92. The summed E-state index contributed by atoms with van der Waals surface area (Å²) in [5.74, 6) is 0. The predicted molar refractivity (Wildman–Crippen MR) is 67.9 cm³/mol. The minimum absolute atomic E-state index is 0.0331. The van der Waals surface area contributed by atoms with Gasteiger partial charge in [0, 0.05) is 10.8 Å². The molecule has 3 rings (SSSR count). The molecule has 0 saturated carbocycles. The number of aromatic nitrogens is 1. The standard InChI is InChI=1S/C14H9NO2/c16-9-15-12-7-3-1-5-10(12)14(17)11-6-2-4-8-13(11)15/h1-9H. The molecule has 0 fully saturated rings. The Balaban J connectivity index is 2.73. The SMILES string of the molecule is O=Cn1c2ccccc2c(=O)c2ccccc21. The van der Waals surface area contributed by atoms with Crippen molar-refractivity contribution in [3.05, 3.63) is 58.8 Å². The topological polar surface area (TPSA) is 39.1 Å². The van der Waals surface area contributed by atoms with Gasteiger partial charge in [-0.05, 0) is 24.3 Å². The smallest absolute Gasteiger partial charge is 0.218 e. The number of carbonyl (C=O) groups is 1. The summed E-state index contributed by atoms with van der Waals surface area (Å²) < 4.78 is 1.51. The van der Waals surface area contributed by atoms with Crippen LogP contribution >= 0.6 is 0 Å². The number of hydrogen-bond donors (Lipinski definition) is 0. The fraction of sp³-hybridized carbons (Fsp3) is 0. The fourth-order valence-corrected chi connectivity index (χ4v) is 2.14. The van der Waals surface area contributed by atoms with Crippen LogP contribution < -0.4 is 5.43 Å². The summed E-state index contributed by atoms with van der Waals surface area (Å²) in [6, 6.07) is 14.3. The van der Waals surface area contributed by atoms with Crippen molar-refractivity contribution in [3.63, 3.8) is 0 Å². The first-order valence-electron chi connectivity index (χ1n) is 5.30. The lowest BCUT2D eigenvalue weighted by molar-refractivity contribution is 0.550. The van der Waals surface area contributed by atoms with E-state index in [0.29, 0.717) is 21.8 Å². The monoisotopic (exact) mass is 223 g/mol. The summed E-state index contributed by atoms with van der Waals surface area (Å²) >= 11 is 0. The summed E-state index contributed by atoms with van der Waals surface area (Å²) in [7, 11) is 0. The van der Waals surface area contributed by atoms with Gasteiger partial charge in [-0.1, -0.05) is 24.3 Å². The molecule has 0 aliphatic carbocycles. The molecule has 2 aromatic carbocycles. The van der Waals surface area contributed by atoms with Crippen molar-refractivity contribution in [2.45, 2.75) is 0 Å². The highest BCUT2D eigenvalue weighted by molar-refractivity contribution is 5.97. The van der Waals surface area contributed by atoms with Crippen LogP contribution in [0.3, 0.4) is 0 Å². The van der Waals surface area contributed by atoms with Gasteiger partial charge in [-0.2, -0.15) is 0 Å². The summed E-state index contributed by atoms with van der Waals surface area (Å²) in [6.07, 6.45) is 0.740. The predicted octanol–water partition coefficient (Wildman–Crippen LogP) is 2.19. The lowest BCUT2D eigenvalue weighted by Gasteiger charge is -2.08. The third kappa shape index (κ3) is 1.29. The van der Waals surface area contributed by atoms with Crippen molar-refractivity contribution < 1.29 is 4.79 Å². The van der Waals surface area contributed by atoms with Gasteiger partial charge < -0.3 is 0 Å². The molecule has 82 valence electrons. The molecule has 0 aliphatic rings. The van der Waals surface area contributed by atoms with Crippen molar-refractivity contribution in [2.75, 3.05) is 0 Å². The number of para-hydroxylation sites is 2. The molecular formula is C14H9NO2. The van der Waals surface area contributed by atoms with Gasteiger partial charge in [-0.25, -0.2) is 0 Å². The van der Waals surface area contributed by atoms with E-state index in [2.05, 4.69) is 0 Å². The van der Waals surface area contributed by atoms with Crippen LogP contribution in [-0.4, -0.2) is 11.0 Å². The second-order valence-electron chi connectivity index (χ2n) is 3.84. The van der Waals surface area contributed by atoms with E-state index in [0.717, 1.165) is 6.41 Å². The van der Waals surface area contributed by atoms with E-state index in [1.165, 1.54) is 4.57 Å². The number of hydrogen-bond acceptors (Lipinski definition) is 2. The zero-order valence-corrected chi connectivity index (χ0v) is 8.96. The van der Waals surface area contributed by atoms with E-state index < -0.39 is 0 Å². The quantitative estimate of drug-likeness (QED) is 0.468. The Morgan fingerprint density at radius 2 is 1.29 bits per heavy atom. The van der Waals surface area contributed by atoms with Gasteiger partial charge in [-0.15, -0.1) is 0 Å². The van der Waals surface area contributed by atoms with Gasteiger partial charge in [0.1, 0.15) is 0 Å². The second-order valence-corrected chi connectivity index (χ2v) is 3.84. The highest BCUT2D eigenvalue weighted by Gasteiger charge is 2.08. The van der Waals surface area contributed by atoms with Crippen molar-refractivity contribution in [1.29, 1.82) is 0 Å². The lowest BCUT2D eigenvalue weighted by Crippen LogP contribution is -2.10.